The van der Waals surface area contributed by atoms with Crippen molar-refractivity contribution in [3.63, 3.8) is 0 Å². The average Bonchev–Trinajstić information content (AvgIpc) is 2.63. The lowest BCUT2D eigenvalue weighted by molar-refractivity contribution is -0.127. The highest BCUT2D eigenvalue weighted by atomic mass is 16.2. The average molecular weight is 211 g/mol. The van der Waals surface area contributed by atoms with Gasteiger partial charge in [0.2, 0.25) is 5.91 Å². The maximum absolute atomic E-state index is 11.3. The zero-order chi connectivity index (χ0) is 11.3. The summed E-state index contributed by atoms with van der Waals surface area (Å²) in [6.07, 6.45) is 6.12. The predicted octanol–water partition coefficient (Wildman–Crippen LogP) is 2.05. The Bertz CT molecular complexity index is 242. The van der Waals surface area contributed by atoms with Crippen LogP contribution in [0.3, 0.4) is 0 Å². The summed E-state index contributed by atoms with van der Waals surface area (Å²) in [5.41, 5.74) is 0.312. The molecule has 3 nitrogen and oxygen atoms in total. The number of carbonyl (C=O) groups excluding carboxylic acids is 2. The van der Waals surface area contributed by atoms with E-state index in [0.29, 0.717) is 5.41 Å². The van der Waals surface area contributed by atoms with Crippen molar-refractivity contribution in [2.75, 3.05) is 6.54 Å². The molecule has 0 radical (unpaired) electrons. The van der Waals surface area contributed by atoms with Crippen LogP contribution in [-0.4, -0.2) is 18.2 Å². The Morgan fingerprint density at radius 3 is 2.33 bits per heavy atom. The van der Waals surface area contributed by atoms with Crippen molar-refractivity contribution in [3.8, 4) is 0 Å². The summed E-state index contributed by atoms with van der Waals surface area (Å²) < 4.78 is 0. The number of rotatable bonds is 5. The first kappa shape index (κ1) is 12.2. The van der Waals surface area contributed by atoms with Crippen molar-refractivity contribution in [2.24, 2.45) is 5.41 Å². The maximum atomic E-state index is 11.3. The van der Waals surface area contributed by atoms with E-state index in [2.05, 4.69) is 12.2 Å². The number of carbonyl (C=O) groups is 2. The van der Waals surface area contributed by atoms with Gasteiger partial charge in [-0.1, -0.05) is 19.8 Å². The van der Waals surface area contributed by atoms with E-state index >= 15 is 0 Å². The molecule has 0 saturated heterocycles. The highest BCUT2D eigenvalue weighted by Crippen LogP contribution is 2.40. The number of Topliss-reactive ketones (excluding diaryl/α,β-unsaturated/α-hetero) is 1. The minimum atomic E-state index is -0.123. The Hall–Kier alpha value is -0.860. The van der Waals surface area contributed by atoms with Gasteiger partial charge >= 0.3 is 0 Å². The third kappa shape index (κ3) is 3.65. The molecule has 1 saturated carbocycles. The van der Waals surface area contributed by atoms with Gasteiger partial charge < -0.3 is 5.32 Å². The van der Waals surface area contributed by atoms with Gasteiger partial charge in [-0.15, -0.1) is 0 Å². The molecule has 86 valence electrons. The zero-order valence-electron chi connectivity index (χ0n) is 9.77. The highest BCUT2D eigenvalue weighted by molar-refractivity contribution is 5.96. The van der Waals surface area contributed by atoms with Crippen LogP contribution >= 0.6 is 0 Å². The van der Waals surface area contributed by atoms with Crippen molar-refractivity contribution < 1.29 is 9.59 Å². The van der Waals surface area contributed by atoms with E-state index < -0.39 is 0 Å². The van der Waals surface area contributed by atoms with Crippen LogP contribution < -0.4 is 5.32 Å². The minimum absolute atomic E-state index is 0.0276. The van der Waals surface area contributed by atoms with Gasteiger partial charge in [0.15, 0.2) is 0 Å². The van der Waals surface area contributed by atoms with Crippen molar-refractivity contribution in [1.82, 2.24) is 5.32 Å². The van der Waals surface area contributed by atoms with Crippen molar-refractivity contribution in [2.45, 2.75) is 52.4 Å². The molecule has 3 heteroatoms. The third-order valence-corrected chi connectivity index (χ3v) is 3.48. The quantitative estimate of drug-likeness (QED) is 0.707. The van der Waals surface area contributed by atoms with E-state index in [1.165, 1.54) is 32.6 Å². The highest BCUT2D eigenvalue weighted by Gasteiger charge is 2.32. The molecule has 0 aromatic heterocycles. The Morgan fingerprint density at radius 2 is 1.87 bits per heavy atom. The molecule has 1 N–H and O–H groups in total. The Balaban J connectivity index is 2.34. The number of nitrogens with one attached hydrogen (secondary N) is 1. The lowest BCUT2D eigenvalue weighted by atomic mass is 9.83. The van der Waals surface area contributed by atoms with Gasteiger partial charge in [0.25, 0.3) is 0 Å². The number of hydrogen-bond acceptors (Lipinski definition) is 2. The zero-order valence-corrected chi connectivity index (χ0v) is 9.77. The fourth-order valence-corrected chi connectivity index (χ4v) is 2.36. The second kappa shape index (κ2) is 5.29. The van der Waals surface area contributed by atoms with Crippen LogP contribution in [-0.2, 0) is 9.59 Å². The summed E-state index contributed by atoms with van der Waals surface area (Å²) in [6.45, 7) is 4.38. The normalized spacial score (nSPS) is 18.8. The van der Waals surface area contributed by atoms with Gasteiger partial charge in [-0.2, -0.15) is 0 Å². The summed E-state index contributed by atoms with van der Waals surface area (Å²) in [4.78, 5) is 22.1. The SMILES string of the molecule is CCC1(CNC(=O)CC(C)=O)CCCC1. The van der Waals surface area contributed by atoms with Gasteiger partial charge in [0, 0.05) is 6.54 Å². The van der Waals surface area contributed by atoms with Crippen LogP contribution in [0.5, 0.6) is 0 Å². The van der Waals surface area contributed by atoms with Crippen molar-refractivity contribution in [1.29, 1.82) is 0 Å². The van der Waals surface area contributed by atoms with E-state index in [0.717, 1.165) is 13.0 Å². The lowest BCUT2D eigenvalue weighted by Crippen LogP contribution is -2.36. The van der Waals surface area contributed by atoms with Gasteiger partial charge in [-0.05, 0) is 31.6 Å². The molecule has 0 unspecified atom stereocenters. The van der Waals surface area contributed by atoms with Gasteiger partial charge in [-0.3, -0.25) is 9.59 Å². The molecule has 0 aromatic carbocycles. The molecule has 0 bridgehead atoms. The summed E-state index contributed by atoms with van der Waals surface area (Å²) in [5.74, 6) is -0.188. The van der Waals surface area contributed by atoms with Gasteiger partial charge in [0.05, 0.1) is 6.42 Å². The summed E-state index contributed by atoms with van der Waals surface area (Å²) >= 11 is 0. The molecule has 0 aliphatic heterocycles. The van der Waals surface area contributed by atoms with Crippen LogP contribution in [0.4, 0.5) is 0 Å². The first-order valence-electron chi connectivity index (χ1n) is 5.84. The Labute approximate surface area is 91.6 Å². The second-order valence-electron chi connectivity index (χ2n) is 4.72. The standard InChI is InChI=1S/C12H21NO2/c1-3-12(6-4-5-7-12)9-13-11(15)8-10(2)14/h3-9H2,1-2H3,(H,13,15). The molecule has 1 aliphatic carbocycles. The molecule has 0 heterocycles. The first-order chi connectivity index (χ1) is 7.08. The number of hydrogen-bond donors (Lipinski definition) is 1. The van der Waals surface area contributed by atoms with E-state index in [1.807, 2.05) is 0 Å². The number of amides is 1. The summed E-state index contributed by atoms with van der Waals surface area (Å²) in [6, 6.07) is 0. The topological polar surface area (TPSA) is 46.2 Å². The van der Waals surface area contributed by atoms with Crippen LogP contribution in [0.15, 0.2) is 0 Å². The predicted molar refractivity (Wildman–Crippen MR) is 59.5 cm³/mol. The Morgan fingerprint density at radius 1 is 1.27 bits per heavy atom. The van der Waals surface area contributed by atoms with E-state index in [1.54, 1.807) is 0 Å². The van der Waals surface area contributed by atoms with Crippen LogP contribution in [0, 0.1) is 5.41 Å². The fourth-order valence-electron chi connectivity index (χ4n) is 2.36. The monoisotopic (exact) mass is 211 g/mol. The van der Waals surface area contributed by atoms with Gasteiger partial charge in [0.1, 0.15) is 5.78 Å². The van der Waals surface area contributed by atoms with Crippen molar-refractivity contribution in [3.05, 3.63) is 0 Å². The molecule has 0 spiro atoms. The fraction of sp³-hybridized carbons (Fsp3) is 0.833. The summed E-state index contributed by atoms with van der Waals surface area (Å²) in [7, 11) is 0. The van der Waals surface area contributed by atoms with Crippen LogP contribution in [0.2, 0.25) is 0 Å². The first-order valence-corrected chi connectivity index (χ1v) is 5.84. The molecular formula is C12H21NO2. The molecule has 1 aliphatic rings. The molecular weight excluding hydrogens is 190 g/mol. The Kier molecular flexibility index (Phi) is 4.30. The maximum Gasteiger partial charge on any atom is 0.227 e. The number of ketones is 1. The van der Waals surface area contributed by atoms with Crippen molar-refractivity contribution >= 4 is 11.7 Å². The largest absolute Gasteiger partial charge is 0.355 e. The lowest BCUT2D eigenvalue weighted by Gasteiger charge is -2.27. The molecule has 0 aromatic rings. The van der Waals surface area contributed by atoms with Gasteiger partial charge in [-0.25, -0.2) is 0 Å². The molecule has 1 amide bonds. The molecule has 15 heavy (non-hydrogen) atoms. The second-order valence-corrected chi connectivity index (χ2v) is 4.72. The van der Waals surface area contributed by atoms with E-state index in [-0.39, 0.29) is 18.1 Å². The van der Waals surface area contributed by atoms with E-state index in [9.17, 15) is 9.59 Å². The van der Waals surface area contributed by atoms with Crippen LogP contribution in [0.1, 0.15) is 52.4 Å². The van der Waals surface area contributed by atoms with E-state index in [4.69, 9.17) is 0 Å². The minimum Gasteiger partial charge on any atom is -0.355 e. The molecule has 1 rings (SSSR count). The summed E-state index contributed by atoms with van der Waals surface area (Å²) in [5, 5.41) is 2.89. The smallest absolute Gasteiger partial charge is 0.227 e. The molecule has 0 atom stereocenters. The third-order valence-electron chi connectivity index (χ3n) is 3.48. The van der Waals surface area contributed by atoms with Crippen LogP contribution in [0.25, 0.3) is 0 Å². The molecule has 1 fully saturated rings.